The van der Waals surface area contributed by atoms with E-state index in [0.29, 0.717) is 17.8 Å². The summed E-state index contributed by atoms with van der Waals surface area (Å²) in [5.74, 6) is 1.43. The van der Waals surface area contributed by atoms with Gasteiger partial charge in [0.1, 0.15) is 12.0 Å². The zero-order valence-corrected chi connectivity index (χ0v) is 10.6. The maximum Gasteiger partial charge on any atom is 0.321 e. The molecule has 0 aromatic heterocycles. The lowest BCUT2D eigenvalue weighted by molar-refractivity contribution is -0.152. The maximum atomic E-state index is 11.2. The zero-order chi connectivity index (χ0) is 11.4. The molecule has 0 radical (unpaired) electrons. The van der Waals surface area contributed by atoms with E-state index in [9.17, 15) is 4.79 Å². The predicted octanol–water partition coefficient (Wildman–Crippen LogP) is 3.23. The lowest BCUT2D eigenvalue weighted by Gasteiger charge is -2.36. The predicted molar refractivity (Wildman–Crippen MR) is 61.9 cm³/mol. The minimum atomic E-state index is -0.276. The highest BCUT2D eigenvalue weighted by molar-refractivity contribution is 6.26. The third kappa shape index (κ3) is 3.67. The van der Waals surface area contributed by atoms with Gasteiger partial charge >= 0.3 is 5.97 Å². The van der Waals surface area contributed by atoms with E-state index in [2.05, 4.69) is 20.8 Å². The molecule has 0 aromatic rings. The highest BCUT2D eigenvalue weighted by atomic mass is 35.5. The first-order valence-electron chi connectivity index (χ1n) is 5.80. The van der Waals surface area contributed by atoms with Crippen molar-refractivity contribution in [2.75, 3.05) is 5.88 Å². The molecule has 0 N–H and O–H groups in total. The molecule has 1 unspecified atom stereocenters. The Hall–Kier alpha value is -0.240. The van der Waals surface area contributed by atoms with Crippen LogP contribution in [0.1, 0.15) is 40.0 Å². The van der Waals surface area contributed by atoms with Gasteiger partial charge in [0, 0.05) is 0 Å². The SMILES string of the molecule is CC(C)C1CC[C@@H](C)C[C@H]1OC(=O)CCl. The number of carbonyl (C=O) groups excluding carboxylic acids is 1. The van der Waals surface area contributed by atoms with E-state index in [1.54, 1.807) is 0 Å². The maximum absolute atomic E-state index is 11.2. The molecule has 0 heterocycles. The summed E-state index contributed by atoms with van der Waals surface area (Å²) in [6.07, 6.45) is 3.49. The molecular formula is C12H21ClO2. The lowest BCUT2D eigenvalue weighted by atomic mass is 9.75. The molecule has 0 saturated heterocycles. The molecule has 0 bridgehead atoms. The fourth-order valence-electron chi connectivity index (χ4n) is 2.45. The fraction of sp³-hybridized carbons (Fsp3) is 0.917. The molecule has 2 nitrogen and oxygen atoms in total. The molecule has 88 valence electrons. The topological polar surface area (TPSA) is 26.3 Å². The summed E-state index contributed by atoms with van der Waals surface area (Å²) in [6.45, 7) is 6.61. The molecule has 15 heavy (non-hydrogen) atoms. The molecule has 0 aromatic carbocycles. The number of ether oxygens (including phenoxy) is 1. The monoisotopic (exact) mass is 232 g/mol. The van der Waals surface area contributed by atoms with Crippen LogP contribution in [0.2, 0.25) is 0 Å². The van der Waals surface area contributed by atoms with E-state index in [1.165, 1.54) is 12.8 Å². The molecule has 1 aliphatic rings. The Morgan fingerprint density at radius 1 is 1.47 bits per heavy atom. The van der Waals surface area contributed by atoms with E-state index in [0.717, 1.165) is 6.42 Å². The van der Waals surface area contributed by atoms with Gasteiger partial charge in [-0.3, -0.25) is 4.79 Å². The van der Waals surface area contributed by atoms with Crippen LogP contribution >= 0.6 is 11.6 Å². The van der Waals surface area contributed by atoms with Crippen LogP contribution < -0.4 is 0 Å². The summed E-state index contributed by atoms with van der Waals surface area (Å²) in [5, 5.41) is 0. The van der Waals surface area contributed by atoms with Gasteiger partial charge in [-0.25, -0.2) is 0 Å². The van der Waals surface area contributed by atoms with Crippen molar-refractivity contribution >= 4 is 17.6 Å². The van der Waals surface area contributed by atoms with E-state index in [-0.39, 0.29) is 18.0 Å². The Morgan fingerprint density at radius 2 is 2.13 bits per heavy atom. The summed E-state index contributed by atoms with van der Waals surface area (Å²) in [5.41, 5.74) is 0. The van der Waals surface area contributed by atoms with Gasteiger partial charge in [0.15, 0.2) is 0 Å². The molecule has 3 atom stereocenters. The van der Waals surface area contributed by atoms with Crippen LogP contribution in [0.3, 0.4) is 0 Å². The number of halogens is 1. The summed E-state index contributed by atoms with van der Waals surface area (Å²) < 4.78 is 5.41. The third-order valence-corrected chi connectivity index (χ3v) is 3.57. The van der Waals surface area contributed by atoms with Crippen molar-refractivity contribution in [3.05, 3.63) is 0 Å². The Bertz CT molecular complexity index is 216. The van der Waals surface area contributed by atoms with Crippen LogP contribution in [0.5, 0.6) is 0 Å². The number of alkyl halides is 1. The number of hydrogen-bond donors (Lipinski definition) is 0. The molecule has 1 saturated carbocycles. The molecular weight excluding hydrogens is 212 g/mol. The van der Waals surface area contributed by atoms with Crippen molar-refractivity contribution in [2.45, 2.75) is 46.1 Å². The van der Waals surface area contributed by atoms with Crippen LogP contribution in [-0.2, 0) is 9.53 Å². The van der Waals surface area contributed by atoms with Gasteiger partial charge in [0.05, 0.1) is 0 Å². The summed E-state index contributed by atoms with van der Waals surface area (Å²) in [4.78, 5) is 11.2. The van der Waals surface area contributed by atoms with Crippen molar-refractivity contribution in [3.63, 3.8) is 0 Å². The number of rotatable bonds is 3. The van der Waals surface area contributed by atoms with E-state index in [1.807, 2.05) is 0 Å². The van der Waals surface area contributed by atoms with Crippen LogP contribution in [0, 0.1) is 17.8 Å². The molecule has 0 aliphatic heterocycles. The molecule has 3 heteroatoms. The summed E-state index contributed by atoms with van der Waals surface area (Å²) in [6, 6.07) is 0. The van der Waals surface area contributed by atoms with Gasteiger partial charge in [-0.1, -0.05) is 27.2 Å². The van der Waals surface area contributed by atoms with Crippen molar-refractivity contribution in [1.29, 1.82) is 0 Å². The largest absolute Gasteiger partial charge is 0.461 e. The standard InChI is InChI=1S/C12H21ClO2/c1-8(2)10-5-4-9(3)6-11(10)15-12(14)7-13/h8-11H,4-7H2,1-3H3/t9-,10?,11-/m1/s1. The van der Waals surface area contributed by atoms with Crippen LogP contribution in [0.25, 0.3) is 0 Å². The van der Waals surface area contributed by atoms with Crippen LogP contribution in [-0.4, -0.2) is 18.0 Å². The van der Waals surface area contributed by atoms with E-state index in [4.69, 9.17) is 16.3 Å². The van der Waals surface area contributed by atoms with Crippen molar-refractivity contribution in [3.8, 4) is 0 Å². The van der Waals surface area contributed by atoms with Crippen molar-refractivity contribution in [2.24, 2.45) is 17.8 Å². The Balaban J connectivity index is 2.57. The zero-order valence-electron chi connectivity index (χ0n) is 9.83. The molecule has 0 spiro atoms. The second-order valence-corrected chi connectivity index (χ2v) is 5.26. The Labute approximate surface area is 97.3 Å². The summed E-state index contributed by atoms with van der Waals surface area (Å²) in [7, 11) is 0. The lowest BCUT2D eigenvalue weighted by Crippen LogP contribution is -2.36. The number of carbonyl (C=O) groups is 1. The summed E-state index contributed by atoms with van der Waals surface area (Å²) >= 11 is 5.46. The smallest absolute Gasteiger partial charge is 0.321 e. The van der Waals surface area contributed by atoms with Crippen molar-refractivity contribution in [1.82, 2.24) is 0 Å². The van der Waals surface area contributed by atoms with Gasteiger partial charge in [-0.2, -0.15) is 0 Å². The minimum absolute atomic E-state index is 0.0320. The minimum Gasteiger partial charge on any atom is -0.461 e. The van der Waals surface area contributed by atoms with Gasteiger partial charge in [-0.05, 0) is 30.6 Å². The highest BCUT2D eigenvalue weighted by Crippen LogP contribution is 2.35. The molecule has 1 rings (SSSR count). The first kappa shape index (κ1) is 12.8. The molecule has 1 aliphatic carbocycles. The van der Waals surface area contributed by atoms with Gasteiger partial charge in [-0.15, -0.1) is 11.6 Å². The van der Waals surface area contributed by atoms with E-state index >= 15 is 0 Å². The molecule has 1 fully saturated rings. The average Bonchev–Trinajstić information content (AvgIpc) is 2.17. The third-order valence-electron chi connectivity index (χ3n) is 3.35. The Kier molecular flexibility index (Phi) is 4.91. The van der Waals surface area contributed by atoms with Gasteiger partial charge < -0.3 is 4.74 Å². The number of esters is 1. The average molecular weight is 233 g/mol. The van der Waals surface area contributed by atoms with E-state index < -0.39 is 0 Å². The number of hydrogen-bond acceptors (Lipinski definition) is 2. The van der Waals surface area contributed by atoms with Gasteiger partial charge in [0.2, 0.25) is 0 Å². The van der Waals surface area contributed by atoms with Crippen molar-refractivity contribution < 1.29 is 9.53 Å². The normalized spacial score (nSPS) is 31.7. The second kappa shape index (κ2) is 5.74. The highest BCUT2D eigenvalue weighted by Gasteiger charge is 2.33. The first-order valence-corrected chi connectivity index (χ1v) is 6.33. The fourth-order valence-corrected chi connectivity index (χ4v) is 2.51. The van der Waals surface area contributed by atoms with Crippen LogP contribution in [0.15, 0.2) is 0 Å². The second-order valence-electron chi connectivity index (χ2n) is 4.99. The van der Waals surface area contributed by atoms with Crippen LogP contribution in [0.4, 0.5) is 0 Å². The van der Waals surface area contributed by atoms with Gasteiger partial charge in [0.25, 0.3) is 0 Å². The Morgan fingerprint density at radius 3 is 2.67 bits per heavy atom. The molecule has 0 amide bonds. The first-order chi connectivity index (χ1) is 7.04. The quantitative estimate of drug-likeness (QED) is 0.552.